The van der Waals surface area contributed by atoms with Crippen molar-refractivity contribution in [2.45, 2.75) is 13.5 Å². The molecular weight excluding hydrogens is 270 g/mol. The quantitative estimate of drug-likeness (QED) is 0.832. The van der Waals surface area contributed by atoms with Crippen molar-refractivity contribution in [2.75, 3.05) is 20.1 Å². The van der Waals surface area contributed by atoms with Gasteiger partial charge < -0.3 is 10.2 Å². The lowest BCUT2D eigenvalue weighted by Crippen LogP contribution is -2.35. The van der Waals surface area contributed by atoms with E-state index in [4.69, 9.17) is 0 Å². The second kappa shape index (κ2) is 6.60. The fourth-order valence-corrected chi connectivity index (χ4v) is 1.54. The number of rotatable bonds is 5. The summed E-state index contributed by atoms with van der Waals surface area (Å²) in [4.78, 5) is 17.4. The van der Waals surface area contributed by atoms with Crippen LogP contribution in [0.15, 0.2) is 22.8 Å². The first-order valence-electron chi connectivity index (χ1n) is 5.19. The number of carbonyl (C=O) groups is 1. The minimum Gasteiger partial charge on any atom is -0.345 e. The van der Waals surface area contributed by atoms with Gasteiger partial charge in [0.1, 0.15) is 4.60 Å². The molecule has 0 aliphatic heterocycles. The zero-order valence-corrected chi connectivity index (χ0v) is 11.1. The summed E-state index contributed by atoms with van der Waals surface area (Å²) in [6.07, 6.45) is 0. The van der Waals surface area contributed by atoms with Gasteiger partial charge in [-0.3, -0.25) is 4.79 Å². The zero-order chi connectivity index (χ0) is 12.0. The van der Waals surface area contributed by atoms with E-state index in [0.717, 1.165) is 16.8 Å². The number of amides is 1. The van der Waals surface area contributed by atoms with Gasteiger partial charge in [0.05, 0.1) is 12.2 Å². The van der Waals surface area contributed by atoms with E-state index in [9.17, 15) is 4.79 Å². The van der Waals surface area contributed by atoms with Crippen LogP contribution in [0.25, 0.3) is 0 Å². The topological polar surface area (TPSA) is 45.2 Å². The molecular formula is C11H16BrN3O. The number of likely N-dealkylation sites (N-methyl/N-ethyl adjacent to an activating group) is 1. The van der Waals surface area contributed by atoms with Gasteiger partial charge >= 0.3 is 0 Å². The monoisotopic (exact) mass is 285 g/mol. The number of pyridine rings is 1. The van der Waals surface area contributed by atoms with Crippen molar-refractivity contribution in [2.24, 2.45) is 0 Å². The molecule has 16 heavy (non-hydrogen) atoms. The Balaban J connectivity index is 2.33. The average molecular weight is 286 g/mol. The molecule has 1 rings (SSSR count). The van der Waals surface area contributed by atoms with E-state index in [1.807, 2.05) is 25.1 Å². The number of hydrogen-bond donors (Lipinski definition) is 1. The van der Waals surface area contributed by atoms with Crippen LogP contribution in [0.2, 0.25) is 0 Å². The summed E-state index contributed by atoms with van der Waals surface area (Å²) in [5, 5.41) is 3.07. The minimum atomic E-state index is 0.0949. The fourth-order valence-electron chi connectivity index (χ4n) is 1.16. The summed E-state index contributed by atoms with van der Waals surface area (Å²) < 4.78 is 0.809. The Morgan fingerprint density at radius 1 is 1.56 bits per heavy atom. The highest BCUT2D eigenvalue weighted by Crippen LogP contribution is 2.05. The Kier molecular flexibility index (Phi) is 5.42. The van der Waals surface area contributed by atoms with E-state index in [2.05, 4.69) is 26.2 Å². The van der Waals surface area contributed by atoms with E-state index in [1.54, 1.807) is 11.9 Å². The van der Waals surface area contributed by atoms with Crippen LogP contribution in [-0.4, -0.2) is 35.9 Å². The SMILES string of the molecule is CCN(C)C(=O)CNCc1cccc(Br)n1. The number of aromatic nitrogens is 1. The lowest BCUT2D eigenvalue weighted by molar-refractivity contribution is -0.128. The van der Waals surface area contributed by atoms with Crippen molar-refractivity contribution in [1.82, 2.24) is 15.2 Å². The molecule has 0 radical (unpaired) electrons. The smallest absolute Gasteiger partial charge is 0.236 e. The van der Waals surface area contributed by atoms with Gasteiger partial charge in [-0.1, -0.05) is 6.07 Å². The Labute approximate surface area is 104 Å². The molecule has 0 aliphatic rings. The normalized spacial score (nSPS) is 10.2. The maximum Gasteiger partial charge on any atom is 0.236 e. The first-order chi connectivity index (χ1) is 7.63. The highest BCUT2D eigenvalue weighted by Gasteiger charge is 2.05. The average Bonchev–Trinajstić information content (AvgIpc) is 2.28. The van der Waals surface area contributed by atoms with E-state index >= 15 is 0 Å². The molecule has 0 bridgehead atoms. The van der Waals surface area contributed by atoms with Crippen molar-refractivity contribution in [3.8, 4) is 0 Å². The first-order valence-corrected chi connectivity index (χ1v) is 5.99. The van der Waals surface area contributed by atoms with Gasteiger partial charge in [0.15, 0.2) is 0 Å². The summed E-state index contributed by atoms with van der Waals surface area (Å²) in [6.45, 7) is 3.63. The maximum atomic E-state index is 11.5. The zero-order valence-electron chi connectivity index (χ0n) is 9.53. The molecule has 0 atom stereocenters. The largest absolute Gasteiger partial charge is 0.345 e. The van der Waals surface area contributed by atoms with E-state index in [1.165, 1.54) is 0 Å². The number of carbonyl (C=O) groups excluding carboxylic acids is 1. The molecule has 5 heteroatoms. The maximum absolute atomic E-state index is 11.5. The molecule has 1 heterocycles. The van der Waals surface area contributed by atoms with Crippen molar-refractivity contribution >= 4 is 21.8 Å². The summed E-state index contributed by atoms with van der Waals surface area (Å²) in [7, 11) is 1.79. The van der Waals surface area contributed by atoms with Crippen LogP contribution in [0.3, 0.4) is 0 Å². The van der Waals surface area contributed by atoms with Crippen LogP contribution >= 0.6 is 15.9 Å². The number of halogens is 1. The van der Waals surface area contributed by atoms with Crippen molar-refractivity contribution in [1.29, 1.82) is 0 Å². The van der Waals surface area contributed by atoms with Crippen molar-refractivity contribution in [3.05, 3.63) is 28.5 Å². The van der Waals surface area contributed by atoms with Crippen molar-refractivity contribution in [3.63, 3.8) is 0 Å². The predicted octanol–water partition coefficient (Wildman–Crippen LogP) is 1.41. The molecule has 0 saturated carbocycles. The summed E-state index contributed by atoms with van der Waals surface area (Å²) in [6, 6.07) is 5.72. The second-order valence-corrected chi connectivity index (χ2v) is 4.28. The summed E-state index contributed by atoms with van der Waals surface area (Å²) >= 11 is 3.30. The summed E-state index contributed by atoms with van der Waals surface area (Å²) in [5.41, 5.74) is 0.918. The lowest BCUT2D eigenvalue weighted by atomic mass is 10.3. The molecule has 0 unspecified atom stereocenters. The van der Waals surface area contributed by atoms with Gasteiger partial charge in [0, 0.05) is 20.1 Å². The molecule has 88 valence electrons. The van der Waals surface area contributed by atoms with Gasteiger partial charge in [0.2, 0.25) is 5.91 Å². The lowest BCUT2D eigenvalue weighted by Gasteiger charge is -2.14. The molecule has 1 N–H and O–H groups in total. The standard InChI is InChI=1S/C11H16BrN3O/c1-3-15(2)11(16)8-13-7-9-5-4-6-10(12)14-9/h4-6,13H,3,7-8H2,1-2H3. The summed E-state index contributed by atoms with van der Waals surface area (Å²) in [5.74, 6) is 0.0949. The third-order valence-electron chi connectivity index (χ3n) is 2.26. The molecule has 1 aromatic heterocycles. The van der Waals surface area contributed by atoms with Crippen LogP contribution in [-0.2, 0) is 11.3 Å². The van der Waals surface area contributed by atoms with Crippen LogP contribution in [0.5, 0.6) is 0 Å². The Morgan fingerprint density at radius 2 is 2.31 bits per heavy atom. The highest BCUT2D eigenvalue weighted by atomic mass is 79.9. The van der Waals surface area contributed by atoms with Crippen LogP contribution in [0.4, 0.5) is 0 Å². The van der Waals surface area contributed by atoms with Gasteiger partial charge in [0.25, 0.3) is 0 Å². The Bertz CT molecular complexity index is 357. The molecule has 0 aromatic carbocycles. The molecule has 0 spiro atoms. The van der Waals surface area contributed by atoms with Gasteiger partial charge in [-0.15, -0.1) is 0 Å². The van der Waals surface area contributed by atoms with E-state index in [0.29, 0.717) is 13.1 Å². The number of nitrogens with one attached hydrogen (secondary N) is 1. The Morgan fingerprint density at radius 3 is 2.94 bits per heavy atom. The first kappa shape index (κ1) is 13.1. The highest BCUT2D eigenvalue weighted by molar-refractivity contribution is 9.10. The van der Waals surface area contributed by atoms with Crippen LogP contribution in [0, 0.1) is 0 Å². The number of nitrogens with zero attached hydrogens (tertiary/aromatic N) is 2. The van der Waals surface area contributed by atoms with E-state index in [-0.39, 0.29) is 5.91 Å². The third kappa shape index (κ3) is 4.28. The van der Waals surface area contributed by atoms with Gasteiger partial charge in [-0.25, -0.2) is 4.98 Å². The fraction of sp³-hybridized carbons (Fsp3) is 0.455. The van der Waals surface area contributed by atoms with E-state index < -0.39 is 0 Å². The van der Waals surface area contributed by atoms with Crippen LogP contribution in [0.1, 0.15) is 12.6 Å². The minimum absolute atomic E-state index is 0.0949. The van der Waals surface area contributed by atoms with Gasteiger partial charge in [-0.2, -0.15) is 0 Å². The second-order valence-electron chi connectivity index (χ2n) is 3.46. The molecule has 4 nitrogen and oxygen atoms in total. The molecule has 1 amide bonds. The van der Waals surface area contributed by atoms with Gasteiger partial charge in [-0.05, 0) is 35.0 Å². The molecule has 0 fully saturated rings. The third-order valence-corrected chi connectivity index (χ3v) is 2.70. The van der Waals surface area contributed by atoms with Crippen LogP contribution < -0.4 is 5.32 Å². The molecule has 0 saturated heterocycles. The van der Waals surface area contributed by atoms with Crippen molar-refractivity contribution < 1.29 is 4.79 Å². The predicted molar refractivity (Wildman–Crippen MR) is 67.0 cm³/mol. The molecule has 0 aliphatic carbocycles. The molecule has 1 aromatic rings. The Hall–Kier alpha value is -0.940. The number of hydrogen-bond acceptors (Lipinski definition) is 3.